The molecule has 2 aromatic carbocycles. The van der Waals surface area contributed by atoms with E-state index >= 15 is 0 Å². The lowest BCUT2D eigenvalue weighted by Gasteiger charge is -2.26. The summed E-state index contributed by atoms with van der Waals surface area (Å²) in [5, 5.41) is 6.95. The van der Waals surface area contributed by atoms with Crippen LogP contribution in [-0.4, -0.2) is 21.7 Å². The number of amides is 1. The smallest absolute Gasteiger partial charge is 0.349 e. The molecule has 4 rings (SSSR count). The minimum absolute atomic E-state index is 0.183. The second-order valence-electron chi connectivity index (χ2n) is 6.95. The van der Waals surface area contributed by atoms with Gasteiger partial charge in [-0.1, -0.05) is 35.9 Å². The van der Waals surface area contributed by atoms with Crippen LogP contribution in [0.5, 0.6) is 0 Å². The van der Waals surface area contributed by atoms with Crippen molar-refractivity contribution in [1.82, 2.24) is 15.1 Å². The van der Waals surface area contributed by atoms with Gasteiger partial charge in [0.25, 0.3) is 5.91 Å². The van der Waals surface area contributed by atoms with E-state index < -0.39 is 11.9 Å². The number of hydrogen-bond acceptors (Lipinski definition) is 2. The second kappa shape index (κ2) is 7.55. The van der Waals surface area contributed by atoms with Crippen molar-refractivity contribution in [2.24, 2.45) is 0 Å². The van der Waals surface area contributed by atoms with Crippen LogP contribution < -0.4 is 5.32 Å². The van der Waals surface area contributed by atoms with E-state index in [0.29, 0.717) is 16.8 Å². The van der Waals surface area contributed by atoms with E-state index in [0.717, 1.165) is 25.3 Å². The molecule has 1 aliphatic carbocycles. The fourth-order valence-electron chi connectivity index (χ4n) is 3.15. The van der Waals surface area contributed by atoms with E-state index in [9.17, 15) is 18.0 Å². The van der Waals surface area contributed by atoms with Crippen LogP contribution in [-0.2, 0) is 6.18 Å². The first-order chi connectivity index (χ1) is 13.8. The monoisotopic (exact) mass is 419 g/mol. The number of benzene rings is 2. The van der Waals surface area contributed by atoms with Gasteiger partial charge in [-0.05, 0) is 49.6 Å². The van der Waals surface area contributed by atoms with E-state index in [-0.39, 0.29) is 22.7 Å². The molecule has 0 bridgehead atoms. The number of aromatic nitrogens is 2. The van der Waals surface area contributed by atoms with E-state index in [1.165, 1.54) is 4.68 Å². The highest BCUT2D eigenvalue weighted by Gasteiger charge is 2.35. The van der Waals surface area contributed by atoms with Crippen molar-refractivity contribution in [2.75, 3.05) is 0 Å². The first-order valence-electron chi connectivity index (χ1n) is 9.16. The molecule has 0 unspecified atom stereocenters. The molecular weight excluding hydrogens is 403 g/mol. The first kappa shape index (κ1) is 19.5. The summed E-state index contributed by atoms with van der Waals surface area (Å²) in [5.41, 5.74) is 0.510. The van der Waals surface area contributed by atoms with Crippen LogP contribution in [0.4, 0.5) is 13.2 Å². The number of carbonyl (C=O) groups excluding carboxylic acids is 1. The Kier molecular flexibility index (Phi) is 5.08. The molecule has 0 atom stereocenters. The van der Waals surface area contributed by atoms with Crippen molar-refractivity contribution < 1.29 is 18.0 Å². The van der Waals surface area contributed by atoms with E-state index in [1.54, 1.807) is 48.5 Å². The lowest BCUT2D eigenvalue weighted by molar-refractivity contribution is -0.141. The minimum atomic E-state index is -4.59. The van der Waals surface area contributed by atoms with Gasteiger partial charge in [-0.15, -0.1) is 0 Å². The fourth-order valence-corrected chi connectivity index (χ4v) is 3.36. The maximum absolute atomic E-state index is 13.3. The molecule has 1 N–H and O–H groups in total. The van der Waals surface area contributed by atoms with Gasteiger partial charge in [0.2, 0.25) is 0 Å². The number of nitrogens with one attached hydrogen (secondary N) is 1. The number of alkyl halides is 3. The van der Waals surface area contributed by atoms with E-state index in [4.69, 9.17) is 11.6 Å². The van der Waals surface area contributed by atoms with Crippen molar-refractivity contribution >= 4 is 17.5 Å². The molecule has 4 nitrogen and oxygen atoms in total. The van der Waals surface area contributed by atoms with Crippen LogP contribution >= 0.6 is 11.6 Å². The van der Waals surface area contributed by atoms with Crippen molar-refractivity contribution in [3.8, 4) is 16.9 Å². The summed E-state index contributed by atoms with van der Waals surface area (Å²) in [5.74, 6) is -0.183. The first-order valence-corrected chi connectivity index (χ1v) is 9.54. The zero-order valence-corrected chi connectivity index (χ0v) is 16.0. The Morgan fingerprint density at radius 1 is 1.10 bits per heavy atom. The number of hydrogen-bond donors (Lipinski definition) is 1. The lowest BCUT2D eigenvalue weighted by atomic mass is 9.93. The standard InChI is InChI=1S/C21H17ClF3N3O/c22-16-6-1-2-7-17(16)28-18(12-19(27-28)21(23,24)25)13-8-10-14(11-9-13)20(29)26-15-4-3-5-15/h1-2,6-12,15H,3-5H2,(H,26,29). The molecule has 1 saturated carbocycles. The number of rotatable bonds is 4. The SMILES string of the molecule is O=C(NC1CCC1)c1ccc(-c2cc(C(F)(F)F)nn2-c2ccccc2Cl)cc1. The minimum Gasteiger partial charge on any atom is -0.349 e. The number of carbonyl (C=O) groups is 1. The molecule has 0 radical (unpaired) electrons. The maximum atomic E-state index is 13.3. The number of halogens is 4. The van der Waals surface area contributed by atoms with Crippen LogP contribution in [0.2, 0.25) is 5.02 Å². The van der Waals surface area contributed by atoms with Crippen molar-refractivity contribution in [3.05, 3.63) is 70.9 Å². The summed E-state index contributed by atoms with van der Waals surface area (Å²) in [4.78, 5) is 12.3. The Morgan fingerprint density at radius 2 is 1.79 bits per heavy atom. The van der Waals surface area contributed by atoms with Crippen LogP contribution in [0.3, 0.4) is 0 Å². The third-order valence-electron chi connectivity index (χ3n) is 4.96. The quantitative estimate of drug-likeness (QED) is 0.607. The predicted molar refractivity (Wildman–Crippen MR) is 104 cm³/mol. The average Bonchev–Trinajstić information content (AvgIpc) is 3.10. The van der Waals surface area contributed by atoms with Gasteiger partial charge in [0, 0.05) is 17.2 Å². The van der Waals surface area contributed by atoms with Crippen LogP contribution in [0.25, 0.3) is 16.9 Å². The van der Waals surface area contributed by atoms with E-state index in [2.05, 4.69) is 10.4 Å². The molecule has 1 amide bonds. The zero-order valence-electron chi connectivity index (χ0n) is 15.2. The summed E-state index contributed by atoms with van der Waals surface area (Å²) >= 11 is 6.18. The zero-order chi connectivity index (χ0) is 20.6. The van der Waals surface area contributed by atoms with Gasteiger partial charge < -0.3 is 5.32 Å². The third-order valence-corrected chi connectivity index (χ3v) is 5.28. The summed E-state index contributed by atoms with van der Waals surface area (Å²) in [6, 6.07) is 14.2. The Labute approximate surface area is 170 Å². The van der Waals surface area contributed by atoms with Gasteiger partial charge in [0.15, 0.2) is 5.69 Å². The second-order valence-corrected chi connectivity index (χ2v) is 7.36. The number of para-hydroxylation sites is 1. The van der Waals surface area contributed by atoms with E-state index in [1.807, 2.05) is 0 Å². The molecule has 150 valence electrons. The average molecular weight is 420 g/mol. The van der Waals surface area contributed by atoms with Gasteiger partial charge in [-0.2, -0.15) is 18.3 Å². The van der Waals surface area contributed by atoms with Gasteiger partial charge in [-0.3, -0.25) is 4.79 Å². The largest absolute Gasteiger partial charge is 0.435 e. The summed E-state index contributed by atoms with van der Waals surface area (Å²) in [6.07, 6.45) is -1.54. The summed E-state index contributed by atoms with van der Waals surface area (Å²) in [6.45, 7) is 0. The Balaban J connectivity index is 1.71. The molecule has 1 aromatic heterocycles. The van der Waals surface area contributed by atoms with Crippen molar-refractivity contribution in [2.45, 2.75) is 31.5 Å². The van der Waals surface area contributed by atoms with Crippen LogP contribution in [0.1, 0.15) is 35.3 Å². The topological polar surface area (TPSA) is 46.9 Å². The summed E-state index contributed by atoms with van der Waals surface area (Å²) in [7, 11) is 0. The van der Waals surface area contributed by atoms with Gasteiger partial charge >= 0.3 is 6.18 Å². The summed E-state index contributed by atoms with van der Waals surface area (Å²) < 4.78 is 41.0. The Hall–Kier alpha value is -2.80. The lowest BCUT2D eigenvalue weighted by Crippen LogP contribution is -2.39. The van der Waals surface area contributed by atoms with Gasteiger partial charge in [-0.25, -0.2) is 4.68 Å². The highest BCUT2D eigenvalue weighted by molar-refractivity contribution is 6.32. The van der Waals surface area contributed by atoms with Crippen molar-refractivity contribution in [3.63, 3.8) is 0 Å². The van der Waals surface area contributed by atoms with Crippen LogP contribution in [0.15, 0.2) is 54.6 Å². The molecule has 0 saturated heterocycles. The van der Waals surface area contributed by atoms with Crippen LogP contribution in [0, 0.1) is 0 Å². The molecule has 1 fully saturated rings. The molecule has 0 aliphatic heterocycles. The Morgan fingerprint density at radius 3 is 2.38 bits per heavy atom. The third kappa shape index (κ3) is 4.00. The molecule has 8 heteroatoms. The highest BCUT2D eigenvalue weighted by atomic mass is 35.5. The fraction of sp³-hybridized carbons (Fsp3) is 0.238. The van der Waals surface area contributed by atoms with Gasteiger partial charge in [0.05, 0.1) is 16.4 Å². The molecule has 29 heavy (non-hydrogen) atoms. The maximum Gasteiger partial charge on any atom is 0.435 e. The number of nitrogens with zero attached hydrogens (tertiary/aromatic N) is 2. The molecular formula is C21H17ClF3N3O. The van der Waals surface area contributed by atoms with Crippen molar-refractivity contribution in [1.29, 1.82) is 0 Å². The molecule has 3 aromatic rings. The molecule has 1 aliphatic rings. The molecule has 0 spiro atoms. The highest BCUT2D eigenvalue weighted by Crippen LogP contribution is 2.34. The normalized spacial score (nSPS) is 14.5. The van der Waals surface area contributed by atoms with Gasteiger partial charge in [0.1, 0.15) is 0 Å². The predicted octanol–water partition coefficient (Wildman–Crippen LogP) is 5.49. The molecule has 1 heterocycles. The Bertz CT molecular complexity index is 1040.